The average Bonchev–Trinajstić information content (AvgIpc) is 3.00. The first-order valence-corrected chi connectivity index (χ1v) is 11.8. The fraction of sp³-hybridized carbons (Fsp3) is 0.160. The Bertz CT molecular complexity index is 1320. The highest BCUT2D eigenvalue weighted by Gasteiger charge is 2.26. The van der Waals surface area contributed by atoms with Crippen LogP contribution in [-0.2, 0) is 5.75 Å². The van der Waals surface area contributed by atoms with Crippen molar-refractivity contribution < 1.29 is 9.47 Å². The van der Waals surface area contributed by atoms with Crippen LogP contribution in [0.2, 0.25) is 5.02 Å². The third-order valence-electron chi connectivity index (χ3n) is 5.37. The summed E-state index contributed by atoms with van der Waals surface area (Å²) in [5.41, 5.74) is 5.40. The minimum Gasteiger partial charge on any atom is -0.496 e. The first-order valence-electron chi connectivity index (χ1n) is 10.4. The molecule has 2 heterocycles. The zero-order valence-corrected chi connectivity index (χ0v) is 19.7. The van der Waals surface area contributed by atoms with Crippen LogP contribution in [0.25, 0.3) is 11.3 Å². The van der Waals surface area contributed by atoms with Crippen molar-refractivity contribution in [3.63, 3.8) is 0 Å². The van der Waals surface area contributed by atoms with Gasteiger partial charge in [0.2, 0.25) is 11.0 Å². The molecule has 0 spiro atoms. The van der Waals surface area contributed by atoms with Gasteiger partial charge in [-0.15, -0.1) is 10.2 Å². The van der Waals surface area contributed by atoms with E-state index in [1.54, 1.807) is 7.11 Å². The lowest BCUT2D eigenvalue weighted by Gasteiger charge is -2.20. The molecule has 0 radical (unpaired) electrons. The van der Waals surface area contributed by atoms with Gasteiger partial charge in [-0.05, 0) is 48.4 Å². The van der Waals surface area contributed by atoms with Crippen LogP contribution in [0, 0.1) is 6.92 Å². The van der Waals surface area contributed by atoms with Crippen molar-refractivity contribution in [1.29, 1.82) is 0 Å². The zero-order chi connectivity index (χ0) is 22.8. The summed E-state index contributed by atoms with van der Waals surface area (Å²) >= 11 is 7.76. The van der Waals surface area contributed by atoms with Gasteiger partial charge in [-0.2, -0.15) is 4.98 Å². The van der Waals surface area contributed by atoms with Gasteiger partial charge >= 0.3 is 0 Å². The van der Waals surface area contributed by atoms with Crippen molar-refractivity contribution in [2.75, 3.05) is 12.4 Å². The van der Waals surface area contributed by atoms with E-state index in [1.165, 1.54) is 11.8 Å². The Morgan fingerprint density at radius 1 is 1.06 bits per heavy atom. The number of anilines is 1. The number of hydrogen-bond acceptors (Lipinski definition) is 7. The van der Waals surface area contributed by atoms with Gasteiger partial charge in [-0.3, -0.25) is 0 Å². The molecule has 1 unspecified atom stereocenters. The molecule has 0 bridgehead atoms. The molecule has 1 aliphatic heterocycles. The maximum Gasteiger partial charge on any atom is 0.247 e. The summed E-state index contributed by atoms with van der Waals surface area (Å²) in [6, 6.07) is 21.6. The van der Waals surface area contributed by atoms with Crippen molar-refractivity contribution in [1.82, 2.24) is 15.2 Å². The molecule has 166 valence electrons. The molecule has 1 aromatic heterocycles. The number of ether oxygens (including phenoxy) is 2. The molecule has 6 nitrogen and oxygen atoms in total. The Morgan fingerprint density at radius 2 is 1.88 bits per heavy atom. The highest BCUT2D eigenvalue weighted by atomic mass is 35.5. The number of hydrogen-bond donors (Lipinski definition) is 1. The third-order valence-corrected chi connectivity index (χ3v) is 6.63. The molecule has 0 amide bonds. The van der Waals surface area contributed by atoms with Crippen LogP contribution in [0.15, 0.2) is 71.9 Å². The predicted octanol–water partition coefficient (Wildman–Crippen LogP) is 6.30. The summed E-state index contributed by atoms with van der Waals surface area (Å²) in [7, 11) is 1.67. The maximum absolute atomic E-state index is 6.37. The highest BCUT2D eigenvalue weighted by Crippen LogP contribution is 2.40. The summed E-state index contributed by atoms with van der Waals surface area (Å²) in [5, 5.41) is 13.5. The van der Waals surface area contributed by atoms with E-state index in [4.69, 9.17) is 26.1 Å². The van der Waals surface area contributed by atoms with E-state index in [1.807, 2.05) is 73.7 Å². The summed E-state index contributed by atoms with van der Waals surface area (Å²) < 4.78 is 11.8. The van der Waals surface area contributed by atoms with Crippen molar-refractivity contribution in [2.24, 2.45) is 0 Å². The number of halogens is 1. The predicted molar refractivity (Wildman–Crippen MR) is 131 cm³/mol. The van der Waals surface area contributed by atoms with Crippen LogP contribution in [0.4, 0.5) is 5.69 Å². The second kappa shape index (κ2) is 9.29. The molecular weight excluding hydrogens is 456 g/mol. The average molecular weight is 477 g/mol. The van der Waals surface area contributed by atoms with Gasteiger partial charge in [0, 0.05) is 27.6 Å². The van der Waals surface area contributed by atoms with Crippen molar-refractivity contribution in [3.8, 4) is 22.9 Å². The van der Waals surface area contributed by atoms with Gasteiger partial charge in [-0.25, -0.2) is 0 Å². The van der Waals surface area contributed by atoms with Gasteiger partial charge < -0.3 is 14.8 Å². The monoisotopic (exact) mass is 476 g/mol. The quantitative estimate of drug-likeness (QED) is 0.339. The minimum atomic E-state index is -0.449. The normalized spacial score (nSPS) is 14.3. The van der Waals surface area contributed by atoms with Crippen LogP contribution in [0.1, 0.15) is 22.9 Å². The number of nitrogens with one attached hydrogen (secondary N) is 1. The molecule has 4 aromatic rings. The van der Waals surface area contributed by atoms with Crippen LogP contribution < -0.4 is 14.8 Å². The third kappa shape index (κ3) is 4.47. The first-order chi connectivity index (χ1) is 16.1. The Labute approximate surface area is 201 Å². The highest BCUT2D eigenvalue weighted by molar-refractivity contribution is 7.98. The van der Waals surface area contributed by atoms with Gasteiger partial charge in [0.1, 0.15) is 5.75 Å². The van der Waals surface area contributed by atoms with Crippen molar-refractivity contribution in [2.45, 2.75) is 24.1 Å². The SMILES string of the molecule is COc1ccc(C2Nc3ccccc3-c3nnc(SCc4ccccc4Cl)nc3O2)cc1C. The van der Waals surface area contributed by atoms with E-state index in [0.29, 0.717) is 22.5 Å². The van der Waals surface area contributed by atoms with Crippen LogP contribution in [-0.4, -0.2) is 22.3 Å². The number of nitrogens with zero attached hydrogens (tertiary/aromatic N) is 3. The molecule has 0 saturated heterocycles. The Kier molecular flexibility index (Phi) is 6.07. The fourth-order valence-electron chi connectivity index (χ4n) is 3.68. The molecule has 33 heavy (non-hydrogen) atoms. The molecule has 0 fully saturated rings. The number of methoxy groups -OCH3 is 1. The smallest absolute Gasteiger partial charge is 0.247 e. The van der Waals surface area contributed by atoms with E-state index in [2.05, 4.69) is 15.5 Å². The van der Waals surface area contributed by atoms with E-state index in [0.717, 1.165) is 38.7 Å². The van der Waals surface area contributed by atoms with Gasteiger partial charge in [0.25, 0.3) is 0 Å². The molecule has 1 N–H and O–H groups in total. The van der Waals surface area contributed by atoms with Gasteiger partial charge in [0.05, 0.1) is 7.11 Å². The summed E-state index contributed by atoms with van der Waals surface area (Å²) in [4.78, 5) is 4.71. The number of para-hydroxylation sites is 1. The second-order valence-corrected chi connectivity index (χ2v) is 8.89. The topological polar surface area (TPSA) is 69.2 Å². The molecular formula is C25H21ClN4O2S. The molecule has 1 aliphatic rings. The number of thioether (sulfide) groups is 1. The Hall–Kier alpha value is -3.29. The number of fused-ring (bicyclic) bond motifs is 3. The second-order valence-electron chi connectivity index (χ2n) is 7.55. The first kappa shape index (κ1) is 21.6. The number of rotatable bonds is 5. The number of benzene rings is 3. The largest absolute Gasteiger partial charge is 0.496 e. The molecule has 8 heteroatoms. The van der Waals surface area contributed by atoms with Crippen molar-refractivity contribution in [3.05, 3.63) is 88.4 Å². The van der Waals surface area contributed by atoms with E-state index in [-0.39, 0.29) is 0 Å². The maximum atomic E-state index is 6.37. The molecule has 5 rings (SSSR count). The summed E-state index contributed by atoms with van der Waals surface area (Å²) in [5.74, 6) is 1.90. The van der Waals surface area contributed by atoms with E-state index < -0.39 is 6.23 Å². The standard InChI is InChI=1S/C25H21ClN4O2S/c1-15-13-16(11-12-21(15)31-2)23-27-20-10-6-4-8-18(20)22-24(32-23)28-25(30-29-22)33-14-17-7-3-5-9-19(17)26/h3-13,23,27H,14H2,1-2H3. The number of aryl methyl sites for hydroxylation is 1. The van der Waals surface area contributed by atoms with Gasteiger partial charge in [-0.1, -0.05) is 59.8 Å². The molecule has 1 atom stereocenters. The molecule has 3 aromatic carbocycles. The number of aromatic nitrogens is 3. The Morgan fingerprint density at radius 3 is 2.70 bits per heavy atom. The van der Waals surface area contributed by atoms with Gasteiger partial charge in [0.15, 0.2) is 11.9 Å². The molecule has 0 aliphatic carbocycles. The fourth-order valence-corrected chi connectivity index (χ4v) is 4.75. The van der Waals surface area contributed by atoms with Crippen LogP contribution in [0.3, 0.4) is 0 Å². The van der Waals surface area contributed by atoms with Crippen LogP contribution in [0.5, 0.6) is 11.6 Å². The van der Waals surface area contributed by atoms with E-state index >= 15 is 0 Å². The minimum absolute atomic E-state index is 0.433. The lowest BCUT2D eigenvalue weighted by molar-refractivity contribution is 0.225. The van der Waals surface area contributed by atoms with Crippen LogP contribution >= 0.6 is 23.4 Å². The van der Waals surface area contributed by atoms with Crippen molar-refractivity contribution >= 4 is 29.1 Å². The summed E-state index contributed by atoms with van der Waals surface area (Å²) in [6.45, 7) is 2.01. The lowest BCUT2D eigenvalue weighted by Crippen LogP contribution is -2.17. The Balaban J connectivity index is 1.50. The zero-order valence-electron chi connectivity index (χ0n) is 18.1. The lowest BCUT2D eigenvalue weighted by atomic mass is 10.1. The van der Waals surface area contributed by atoms with E-state index in [9.17, 15) is 0 Å². The summed E-state index contributed by atoms with van der Waals surface area (Å²) in [6.07, 6.45) is -0.449. The molecule has 0 saturated carbocycles.